The molecule has 0 aromatic heterocycles. The molecule has 28 heavy (non-hydrogen) atoms. The average molecular weight is 405 g/mol. The van der Waals surface area contributed by atoms with Crippen molar-refractivity contribution in [2.45, 2.75) is 24.9 Å². The number of ether oxygens (including phenoxy) is 1. The van der Waals surface area contributed by atoms with Gasteiger partial charge < -0.3 is 15.4 Å². The molecule has 0 atom stereocenters. The highest BCUT2D eigenvalue weighted by molar-refractivity contribution is 7.89. The van der Waals surface area contributed by atoms with E-state index in [0.29, 0.717) is 25.7 Å². The van der Waals surface area contributed by atoms with Gasteiger partial charge in [-0.05, 0) is 35.7 Å². The fraction of sp³-hybridized carbons (Fsp3) is 0.350. The number of aryl methyl sites for hydroxylation is 1. The van der Waals surface area contributed by atoms with Crippen molar-refractivity contribution >= 4 is 16.0 Å². The Kier molecular flexibility index (Phi) is 8.43. The summed E-state index contributed by atoms with van der Waals surface area (Å²) in [5.74, 6) is 0.682. The van der Waals surface area contributed by atoms with Crippen LogP contribution in [-0.2, 0) is 27.8 Å². The molecule has 152 valence electrons. The molecule has 0 saturated heterocycles. The van der Waals surface area contributed by atoms with E-state index in [4.69, 9.17) is 4.74 Å². The summed E-state index contributed by atoms with van der Waals surface area (Å²) in [6.45, 7) is 3.86. The fourth-order valence-corrected chi connectivity index (χ4v) is 3.55. The number of rotatable bonds is 9. The molecule has 0 fully saturated rings. The Morgan fingerprint density at radius 1 is 1.04 bits per heavy atom. The summed E-state index contributed by atoms with van der Waals surface area (Å²) < 4.78 is 31.7. The first-order chi connectivity index (χ1) is 13.5. The van der Waals surface area contributed by atoms with Crippen LogP contribution >= 0.6 is 0 Å². The zero-order valence-electron chi connectivity index (χ0n) is 16.5. The predicted octanol–water partition coefficient (Wildman–Crippen LogP) is 1.78. The van der Waals surface area contributed by atoms with Gasteiger partial charge in [-0.15, -0.1) is 0 Å². The van der Waals surface area contributed by atoms with Gasteiger partial charge in [-0.3, -0.25) is 4.99 Å². The first-order valence-electron chi connectivity index (χ1n) is 9.03. The van der Waals surface area contributed by atoms with Gasteiger partial charge in [-0.2, -0.15) is 0 Å². The molecule has 0 heterocycles. The minimum atomic E-state index is -3.52. The standard InChI is InChI=1S/C20H28N4O3S/c1-16-6-4-5-7-18(16)15-23-20(21-2)22-14-17-8-10-19(11-9-17)28(25,26)24-12-13-27-3/h4-11,24H,12-15H2,1-3H3,(H2,21,22,23). The number of nitrogens with one attached hydrogen (secondary N) is 3. The zero-order valence-corrected chi connectivity index (χ0v) is 17.3. The highest BCUT2D eigenvalue weighted by Crippen LogP contribution is 2.10. The minimum Gasteiger partial charge on any atom is -0.383 e. The Morgan fingerprint density at radius 2 is 1.71 bits per heavy atom. The minimum absolute atomic E-state index is 0.231. The van der Waals surface area contributed by atoms with E-state index in [1.165, 1.54) is 18.2 Å². The van der Waals surface area contributed by atoms with Crippen LogP contribution in [0, 0.1) is 6.92 Å². The van der Waals surface area contributed by atoms with Crippen molar-refractivity contribution in [3.8, 4) is 0 Å². The Balaban J connectivity index is 1.88. The third kappa shape index (κ3) is 6.63. The monoisotopic (exact) mass is 404 g/mol. The van der Waals surface area contributed by atoms with Crippen LogP contribution < -0.4 is 15.4 Å². The first-order valence-corrected chi connectivity index (χ1v) is 10.5. The van der Waals surface area contributed by atoms with Crippen molar-refractivity contribution in [1.29, 1.82) is 0 Å². The van der Waals surface area contributed by atoms with E-state index in [9.17, 15) is 8.42 Å². The quantitative estimate of drug-likeness (QED) is 0.337. The molecular weight excluding hydrogens is 376 g/mol. The van der Waals surface area contributed by atoms with Gasteiger partial charge >= 0.3 is 0 Å². The van der Waals surface area contributed by atoms with Crippen LogP contribution in [0.4, 0.5) is 0 Å². The zero-order chi connectivity index (χ0) is 20.4. The lowest BCUT2D eigenvalue weighted by Gasteiger charge is -2.13. The molecule has 7 nitrogen and oxygen atoms in total. The molecule has 0 bridgehead atoms. The van der Waals surface area contributed by atoms with Crippen LogP contribution in [0.3, 0.4) is 0 Å². The molecule has 2 aromatic rings. The van der Waals surface area contributed by atoms with Crippen molar-refractivity contribution in [1.82, 2.24) is 15.4 Å². The summed E-state index contributed by atoms with van der Waals surface area (Å²) in [4.78, 5) is 4.45. The van der Waals surface area contributed by atoms with Gasteiger partial charge in [-0.25, -0.2) is 13.1 Å². The second kappa shape index (κ2) is 10.8. The molecular formula is C20H28N4O3S. The van der Waals surface area contributed by atoms with E-state index in [2.05, 4.69) is 39.4 Å². The summed E-state index contributed by atoms with van der Waals surface area (Å²) >= 11 is 0. The van der Waals surface area contributed by atoms with E-state index < -0.39 is 10.0 Å². The Bertz CT molecular complexity index is 881. The first kappa shape index (κ1) is 21.9. The smallest absolute Gasteiger partial charge is 0.240 e. The second-order valence-corrected chi connectivity index (χ2v) is 8.01. The van der Waals surface area contributed by atoms with Crippen LogP contribution in [-0.4, -0.2) is 41.7 Å². The number of guanidine groups is 1. The molecule has 2 aromatic carbocycles. The summed E-state index contributed by atoms with van der Waals surface area (Å²) in [5, 5.41) is 6.52. The van der Waals surface area contributed by atoms with Crippen LogP contribution in [0.25, 0.3) is 0 Å². The van der Waals surface area contributed by atoms with E-state index >= 15 is 0 Å². The Hall–Kier alpha value is -2.42. The Labute approximate surface area is 167 Å². The maximum absolute atomic E-state index is 12.2. The molecule has 8 heteroatoms. The third-order valence-corrected chi connectivity index (χ3v) is 5.70. The number of methoxy groups -OCH3 is 1. The molecule has 0 aliphatic carbocycles. The summed E-state index contributed by atoms with van der Waals surface area (Å²) in [7, 11) is -0.271. The molecule has 0 radical (unpaired) electrons. The Morgan fingerprint density at radius 3 is 2.36 bits per heavy atom. The van der Waals surface area contributed by atoms with Crippen molar-refractivity contribution < 1.29 is 13.2 Å². The van der Waals surface area contributed by atoms with Gasteiger partial charge in [0.1, 0.15) is 0 Å². The highest BCUT2D eigenvalue weighted by atomic mass is 32.2. The predicted molar refractivity (Wildman–Crippen MR) is 112 cm³/mol. The lowest BCUT2D eigenvalue weighted by atomic mass is 10.1. The van der Waals surface area contributed by atoms with Crippen LogP contribution in [0.1, 0.15) is 16.7 Å². The molecule has 2 rings (SSSR count). The maximum atomic E-state index is 12.2. The lowest BCUT2D eigenvalue weighted by Crippen LogP contribution is -2.36. The largest absolute Gasteiger partial charge is 0.383 e. The number of benzene rings is 2. The van der Waals surface area contributed by atoms with Crippen LogP contribution in [0.2, 0.25) is 0 Å². The van der Waals surface area contributed by atoms with Gasteiger partial charge in [0.05, 0.1) is 11.5 Å². The molecule has 0 spiro atoms. The van der Waals surface area contributed by atoms with Gasteiger partial charge in [0.25, 0.3) is 0 Å². The number of nitrogens with zero attached hydrogens (tertiary/aromatic N) is 1. The molecule has 0 aliphatic heterocycles. The van der Waals surface area contributed by atoms with Crippen LogP contribution in [0.15, 0.2) is 58.4 Å². The molecule has 0 saturated carbocycles. The summed E-state index contributed by atoms with van der Waals surface area (Å²) in [6, 6.07) is 14.9. The van der Waals surface area contributed by atoms with E-state index in [1.807, 2.05) is 12.1 Å². The lowest BCUT2D eigenvalue weighted by molar-refractivity contribution is 0.204. The SMILES string of the molecule is CN=C(NCc1ccc(S(=O)(=O)NCCOC)cc1)NCc1ccccc1C. The second-order valence-electron chi connectivity index (χ2n) is 6.24. The van der Waals surface area contributed by atoms with E-state index in [0.717, 1.165) is 5.56 Å². The number of hydrogen-bond acceptors (Lipinski definition) is 4. The molecule has 0 amide bonds. The summed E-state index contributed by atoms with van der Waals surface area (Å²) in [5.41, 5.74) is 3.39. The fourth-order valence-electron chi connectivity index (χ4n) is 2.54. The van der Waals surface area contributed by atoms with Gasteiger partial charge in [0, 0.05) is 33.8 Å². The third-order valence-electron chi connectivity index (χ3n) is 4.22. The van der Waals surface area contributed by atoms with Gasteiger partial charge in [0.15, 0.2) is 5.96 Å². The van der Waals surface area contributed by atoms with Gasteiger partial charge in [-0.1, -0.05) is 36.4 Å². The van der Waals surface area contributed by atoms with E-state index in [1.54, 1.807) is 31.3 Å². The molecule has 0 unspecified atom stereocenters. The number of aliphatic imine (C=N–C) groups is 1. The van der Waals surface area contributed by atoms with Crippen molar-refractivity contribution in [3.63, 3.8) is 0 Å². The van der Waals surface area contributed by atoms with Crippen molar-refractivity contribution in [2.24, 2.45) is 4.99 Å². The number of hydrogen-bond donors (Lipinski definition) is 3. The number of sulfonamides is 1. The van der Waals surface area contributed by atoms with Gasteiger partial charge in [0.2, 0.25) is 10.0 Å². The van der Waals surface area contributed by atoms with E-state index in [-0.39, 0.29) is 11.4 Å². The van der Waals surface area contributed by atoms with Crippen molar-refractivity contribution in [2.75, 3.05) is 27.3 Å². The molecule has 3 N–H and O–H groups in total. The summed E-state index contributed by atoms with van der Waals surface area (Å²) in [6.07, 6.45) is 0. The normalized spacial score (nSPS) is 12.0. The van der Waals surface area contributed by atoms with Crippen LogP contribution in [0.5, 0.6) is 0 Å². The maximum Gasteiger partial charge on any atom is 0.240 e. The molecule has 0 aliphatic rings. The topological polar surface area (TPSA) is 91.8 Å². The van der Waals surface area contributed by atoms with Crippen molar-refractivity contribution in [3.05, 3.63) is 65.2 Å². The highest BCUT2D eigenvalue weighted by Gasteiger charge is 2.12. The average Bonchev–Trinajstić information content (AvgIpc) is 2.70.